The molecule has 0 bridgehead atoms. The number of aryl methyl sites for hydroxylation is 1. The standard InChI is InChI=1S/C15H22N2O3S/c1-10-5-3-4-6-13(10)17-15(18)12-8-7-11(2)14(9-12)21(16,19)20/h7-10,13H,3-6H2,1-2H3,(H,17,18)(H2,16,19,20)/t10-,13-/m0/s1. The molecule has 0 radical (unpaired) electrons. The average molecular weight is 310 g/mol. The van der Waals surface area contributed by atoms with Crippen LogP contribution in [0, 0.1) is 12.8 Å². The van der Waals surface area contributed by atoms with Gasteiger partial charge in [0, 0.05) is 11.6 Å². The molecule has 0 saturated heterocycles. The number of hydrogen-bond donors (Lipinski definition) is 2. The van der Waals surface area contributed by atoms with Crippen molar-refractivity contribution in [3.63, 3.8) is 0 Å². The quantitative estimate of drug-likeness (QED) is 0.894. The molecule has 0 unspecified atom stereocenters. The highest BCUT2D eigenvalue weighted by Gasteiger charge is 2.24. The molecule has 2 atom stereocenters. The summed E-state index contributed by atoms with van der Waals surface area (Å²) in [7, 11) is -3.81. The van der Waals surface area contributed by atoms with Gasteiger partial charge >= 0.3 is 0 Å². The molecule has 1 aliphatic rings. The summed E-state index contributed by atoms with van der Waals surface area (Å²) >= 11 is 0. The van der Waals surface area contributed by atoms with Crippen LogP contribution in [0.3, 0.4) is 0 Å². The Morgan fingerprint density at radius 3 is 2.57 bits per heavy atom. The van der Waals surface area contributed by atoms with Crippen LogP contribution in [-0.4, -0.2) is 20.4 Å². The van der Waals surface area contributed by atoms with Crippen molar-refractivity contribution < 1.29 is 13.2 Å². The smallest absolute Gasteiger partial charge is 0.251 e. The van der Waals surface area contributed by atoms with Gasteiger partial charge in [0.1, 0.15) is 0 Å². The van der Waals surface area contributed by atoms with E-state index in [1.807, 2.05) is 0 Å². The summed E-state index contributed by atoms with van der Waals surface area (Å²) in [5.41, 5.74) is 0.877. The number of sulfonamides is 1. The summed E-state index contributed by atoms with van der Waals surface area (Å²) in [4.78, 5) is 12.3. The molecule has 5 nitrogen and oxygen atoms in total. The van der Waals surface area contributed by atoms with Crippen molar-refractivity contribution in [3.8, 4) is 0 Å². The molecule has 1 aliphatic carbocycles. The van der Waals surface area contributed by atoms with Crippen LogP contribution in [-0.2, 0) is 10.0 Å². The molecule has 6 heteroatoms. The van der Waals surface area contributed by atoms with Gasteiger partial charge in [-0.3, -0.25) is 4.79 Å². The summed E-state index contributed by atoms with van der Waals surface area (Å²) in [6.07, 6.45) is 4.40. The number of benzene rings is 1. The van der Waals surface area contributed by atoms with Crippen LogP contribution in [0.15, 0.2) is 23.1 Å². The molecule has 0 aromatic heterocycles. The summed E-state index contributed by atoms with van der Waals surface area (Å²) in [6, 6.07) is 4.75. The van der Waals surface area contributed by atoms with E-state index < -0.39 is 10.0 Å². The van der Waals surface area contributed by atoms with Crippen molar-refractivity contribution in [2.75, 3.05) is 0 Å². The molecule has 1 aromatic rings. The number of nitrogens with one attached hydrogen (secondary N) is 1. The SMILES string of the molecule is Cc1ccc(C(=O)N[C@H]2CCCC[C@@H]2C)cc1S(N)(=O)=O. The lowest BCUT2D eigenvalue weighted by atomic mass is 9.86. The lowest BCUT2D eigenvalue weighted by Gasteiger charge is -2.29. The van der Waals surface area contributed by atoms with E-state index in [1.165, 1.54) is 12.5 Å². The number of primary sulfonamides is 1. The van der Waals surface area contributed by atoms with Crippen LogP contribution in [0.2, 0.25) is 0 Å². The summed E-state index contributed by atoms with van der Waals surface area (Å²) in [5, 5.41) is 8.18. The van der Waals surface area contributed by atoms with Gasteiger partial charge < -0.3 is 5.32 Å². The molecule has 3 N–H and O–H groups in total. The molecule has 1 fully saturated rings. The van der Waals surface area contributed by atoms with Gasteiger partial charge in [0.05, 0.1) is 4.90 Å². The maximum atomic E-state index is 12.3. The topological polar surface area (TPSA) is 89.3 Å². The van der Waals surface area contributed by atoms with Gasteiger partial charge in [-0.15, -0.1) is 0 Å². The highest BCUT2D eigenvalue weighted by atomic mass is 32.2. The van der Waals surface area contributed by atoms with E-state index in [9.17, 15) is 13.2 Å². The van der Waals surface area contributed by atoms with Crippen LogP contribution in [0.1, 0.15) is 48.5 Å². The Balaban J connectivity index is 2.20. The first kappa shape index (κ1) is 16.0. The summed E-state index contributed by atoms with van der Waals surface area (Å²) < 4.78 is 23.0. The second-order valence-electron chi connectivity index (χ2n) is 5.87. The Morgan fingerprint density at radius 1 is 1.29 bits per heavy atom. The van der Waals surface area contributed by atoms with Crippen LogP contribution in [0.25, 0.3) is 0 Å². The summed E-state index contributed by atoms with van der Waals surface area (Å²) in [5.74, 6) is 0.213. The molecule has 0 heterocycles. The largest absolute Gasteiger partial charge is 0.349 e. The molecule has 1 aromatic carbocycles. The van der Waals surface area contributed by atoms with E-state index in [2.05, 4.69) is 12.2 Å². The van der Waals surface area contributed by atoms with Crippen molar-refractivity contribution >= 4 is 15.9 Å². The van der Waals surface area contributed by atoms with Crippen molar-refractivity contribution in [1.29, 1.82) is 0 Å². The Bertz CT molecular complexity index is 640. The zero-order valence-electron chi connectivity index (χ0n) is 12.4. The predicted molar refractivity (Wildman–Crippen MR) is 81.4 cm³/mol. The van der Waals surface area contributed by atoms with Crippen molar-refractivity contribution in [2.45, 2.75) is 50.5 Å². The van der Waals surface area contributed by atoms with Crippen molar-refractivity contribution in [2.24, 2.45) is 11.1 Å². The Morgan fingerprint density at radius 2 is 1.95 bits per heavy atom. The van der Waals surface area contributed by atoms with Crippen LogP contribution in [0.4, 0.5) is 0 Å². The Labute approximate surface area is 126 Å². The van der Waals surface area contributed by atoms with E-state index in [4.69, 9.17) is 5.14 Å². The van der Waals surface area contributed by atoms with Crippen LogP contribution >= 0.6 is 0 Å². The minimum absolute atomic E-state index is 0.00634. The number of amides is 1. The first-order valence-electron chi connectivity index (χ1n) is 7.23. The molecule has 0 aliphatic heterocycles. The molecule has 0 spiro atoms. The molecule has 2 rings (SSSR count). The van der Waals surface area contributed by atoms with Gasteiger partial charge in [-0.25, -0.2) is 13.6 Å². The van der Waals surface area contributed by atoms with Gasteiger partial charge in [0.25, 0.3) is 5.91 Å². The number of nitrogens with two attached hydrogens (primary N) is 1. The lowest BCUT2D eigenvalue weighted by Crippen LogP contribution is -2.41. The number of hydrogen-bond acceptors (Lipinski definition) is 3. The van der Waals surface area contributed by atoms with Gasteiger partial charge in [-0.2, -0.15) is 0 Å². The summed E-state index contributed by atoms with van der Waals surface area (Å²) in [6.45, 7) is 3.79. The molecule has 1 amide bonds. The Kier molecular flexibility index (Phi) is 4.68. The van der Waals surface area contributed by atoms with E-state index in [1.54, 1.807) is 19.1 Å². The van der Waals surface area contributed by atoms with E-state index >= 15 is 0 Å². The van der Waals surface area contributed by atoms with Gasteiger partial charge in [-0.1, -0.05) is 25.8 Å². The van der Waals surface area contributed by atoms with Crippen molar-refractivity contribution in [3.05, 3.63) is 29.3 Å². The third kappa shape index (κ3) is 3.83. The van der Waals surface area contributed by atoms with Crippen LogP contribution < -0.4 is 10.5 Å². The molecular weight excluding hydrogens is 288 g/mol. The zero-order valence-corrected chi connectivity index (χ0v) is 13.2. The van der Waals surface area contributed by atoms with E-state index in [0.717, 1.165) is 19.3 Å². The molecule has 1 saturated carbocycles. The number of carbonyl (C=O) groups is 1. The monoisotopic (exact) mass is 310 g/mol. The second kappa shape index (κ2) is 6.15. The van der Waals surface area contributed by atoms with Gasteiger partial charge in [-0.05, 0) is 43.4 Å². The molecular formula is C15H22N2O3S. The fraction of sp³-hybridized carbons (Fsp3) is 0.533. The van der Waals surface area contributed by atoms with E-state index in [0.29, 0.717) is 17.0 Å². The van der Waals surface area contributed by atoms with Crippen LogP contribution in [0.5, 0.6) is 0 Å². The highest BCUT2D eigenvalue weighted by molar-refractivity contribution is 7.89. The first-order valence-corrected chi connectivity index (χ1v) is 8.78. The van der Waals surface area contributed by atoms with Gasteiger partial charge in [0.15, 0.2) is 0 Å². The van der Waals surface area contributed by atoms with E-state index in [-0.39, 0.29) is 16.8 Å². The lowest BCUT2D eigenvalue weighted by molar-refractivity contribution is 0.0910. The zero-order chi connectivity index (χ0) is 15.6. The molecule has 21 heavy (non-hydrogen) atoms. The van der Waals surface area contributed by atoms with Gasteiger partial charge in [0.2, 0.25) is 10.0 Å². The minimum Gasteiger partial charge on any atom is -0.349 e. The average Bonchev–Trinajstić information content (AvgIpc) is 2.40. The predicted octanol–water partition coefficient (Wildman–Crippen LogP) is 1.95. The Hall–Kier alpha value is -1.40. The number of rotatable bonds is 3. The third-order valence-electron chi connectivity index (χ3n) is 4.18. The molecule has 116 valence electrons. The maximum Gasteiger partial charge on any atom is 0.251 e. The minimum atomic E-state index is -3.81. The van der Waals surface area contributed by atoms with Crippen molar-refractivity contribution in [1.82, 2.24) is 5.32 Å². The first-order chi connectivity index (χ1) is 9.79. The number of carbonyl (C=O) groups excluding carboxylic acids is 1. The maximum absolute atomic E-state index is 12.3. The third-order valence-corrected chi connectivity index (χ3v) is 5.24. The highest BCUT2D eigenvalue weighted by Crippen LogP contribution is 2.24. The normalized spacial score (nSPS) is 22.8. The fourth-order valence-electron chi connectivity index (χ4n) is 2.83. The fourth-order valence-corrected chi connectivity index (χ4v) is 3.64. The second-order valence-corrected chi connectivity index (χ2v) is 7.40.